The summed E-state index contributed by atoms with van der Waals surface area (Å²) < 4.78 is 7.07. The number of aromatic nitrogens is 3. The monoisotopic (exact) mass is 324 g/mol. The number of rotatable bonds is 4. The number of ether oxygens (including phenoxy) is 1. The minimum atomic E-state index is -0.241. The third-order valence-corrected chi connectivity index (χ3v) is 4.08. The molecule has 0 aliphatic carbocycles. The summed E-state index contributed by atoms with van der Waals surface area (Å²) in [6, 6.07) is 7.45. The molecule has 124 valence electrons. The van der Waals surface area contributed by atoms with E-state index in [4.69, 9.17) is 4.74 Å². The number of nitrogens with one attached hydrogen (secondary N) is 1. The third kappa shape index (κ3) is 2.82. The van der Waals surface area contributed by atoms with Crippen LogP contribution < -0.4 is 10.1 Å². The van der Waals surface area contributed by atoms with E-state index in [9.17, 15) is 4.79 Å². The van der Waals surface area contributed by atoms with Crippen molar-refractivity contribution in [3.8, 4) is 5.75 Å². The highest BCUT2D eigenvalue weighted by atomic mass is 16.5. The summed E-state index contributed by atoms with van der Waals surface area (Å²) in [5.41, 5.74) is 2.86. The number of benzene rings is 1. The Morgan fingerprint density at radius 1 is 1.25 bits per heavy atom. The first kappa shape index (κ1) is 16.0. The summed E-state index contributed by atoms with van der Waals surface area (Å²) in [5.74, 6) is 0.523. The molecule has 1 amide bonds. The highest BCUT2D eigenvalue weighted by Gasteiger charge is 2.15. The van der Waals surface area contributed by atoms with Gasteiger partial charge < -0.3 is 10.1 Å². The fourth-order valence-electron chi connectivity index (χ4n) is 2.73. The second-order valence-corrected chi connectivity index (χ2v) is 5.60. The molecule has 0 aliphatic rings. The Hall–Kier alpha value is -2.89. The van der Waals surface area contributed by atoms with Crippen molar-refractivity contribution >= 4 is 22.4 Å². The Morgan fingerprint density at radius 3 is 2.71 bits per heavy atom. The van der Waals surface area contributed by atoms with Crippen LogP contribution in [0.4, 0.5) is 5.69 Å². The van der Waals surface area contributed by atoms with Crippen molar-refractivity contribution in [1.29, 1.82) is 0 Å². The molecule has 0 atom stereocenters. The van der Waals surface area contributed by atoms with Crippen molar-refractivity contribution in [2.45, 2.75) is 27.3 Å². The zero-order chi connectivity index (χ0) is 17.3. The van der Waals surface area contributed by atoms with Crippen molar-refractivity contribution in [2.75, 3.05) is 12.4 Å². The number of pyridine rings is 1. The van der Waals surface area contributed by atoms with Crippen LogP contribution in [0.2, 0.25) is 0 Å². The number of anilines is 1. The van der Waals surface area contributed by atoms with E-state index < -0.39 is 0 Å². The summed E-state index contributed by atoms with van der Waals surface area (Å²) in [7, 11) is 1.62. The van der Waals surface area contributed by atoms with E-state index in [2.05, 4.69) is 15.4 Å². The maximum atomic E-state index is 12.5. The molecule has 2 heterocycles. The number of hydrogen-bond donors (Lipinski definition) is 1. The van der Waals surface area contributed by atoms with Gasteiger partial charge in [-0.1, -0.05) is 6.07 Å². The Bertz CT molecular complexity index is 915. The molecule has 0 bridgehead atoms. The van der Waals surface area contributed by atoms with Crippen LogP contribution in [0.15, 0.2) is 30.5 Å². The first-order valence-corrected chi connectivity index (χ1v) is 7.82. The van der Waals surface area contributed by atoms with Crippen LogP contribution in [-0.2, 0) is 6.54 Å². The van der Waals surface area contributed by atoms with Gasteiger partial charge in [0.05, 0.1) is 24.2 Å². The summed E-state index contributed by atoms with van der Waals surface area (Å²) in [5, 5.41) is 9.21. The molecule has 0 unspecified atom stereocenters. The lowest BCUT2D eigenvalue weighted by Gasteiger charge is -2.07. The maximum Gasteiger partial charge on any atom is 0.274 e. The second-order valence-electron chi connectivity index (χ2n) is 5.60. The molecule has 1 N–H and O–H groups in total. The van der Waals surface area contributed by atoms with Crippen LogP contribution in [0, 0.1) is 13.8 Å². The largest absolute Gasteiger partial charge is 0.497 e. The highest BCUT2D eigenvalue weighted by Crippen LogP contribution is 2.23. The van der Waals surface area contributed by atoms with E-state index in [0.29, 0.717) is 5.69 Å². The second kappa shape index (κ2) is 6.31. The van der Waals surface area contributed by atoms with Crippen molar-refractivity contribution in [2.24, 2.45) is 0 Å². The molecule has 0 saturated carbocycles. The Kier molecular flexibility index (Phi) is 4.20. The lowest BCUT2D eigenvalue weighted by Crippen LogP contribution is -2.14. The molecule has 2 aromatic heterocycles. The fraction of sp³-hybridized carbons (Fsp3) is 0.278. The van der Waals surface area contributed by atoms with Crippen molar-refractivity contribution in [1.82, 2.24) is 14.8 Å². The molecule has 0 fully saturated rings. The van der Waals surface area contributed by atoms with E-state index in [-0.39, 0.29) is 5.91 Å². The normalized spacial score (nSPS) is 10.8. The number of hydrogen-bond acceptors (Lipinski definition) is 4. The van der Waals surface area contributed by atoms with Crippen molar-refractivity contribution in [3.05, 3.63) is 47.5 Å². The molecule has 24 heavy (non-hydrogen) atoms. The maximum absolute atomic E-state index is 12.5. The van der Waals surface area contributed by atoms with Gasteiger partial charge in [-0.15, -0.1) is 0 Å². The van der Waals surface area contributed by atoms with E-state index in [0.717, 1.165) is 40.1 Å². The molecule has 3 rings (SSSR count). The van der Waals surface area contributed by atoms with Gasteiger partial charge in [-0.3, -0.25) is 14.5 Å². The molecule has 0 radical (unpaired) electrons. The van der Waals surface area contributed by atoms with Gasteiger partial charge >= 0.3 is 0 Å². The lowest BCUT2D eigenvalue weighted by atomic mass is 10.1. The lowest BCUT2D eigenvalue weighted by molar-refractivity contribution is 0.102. The van der Waals surface area contributed by atoms with Gasteiger partial charge in [-0.25, -0.2) is 0 Å². The SMILES string of the molecule is CCn1nc(C)c(NC(=O)c2cc3ccc(OC)cc3cn2)c1C. The Morgan fingerprint density at radius 2 is 2.04 bits per heavy atom. The predicted molar refractivity (Wildman–Crippen MR) is 93.6 cm³/mol. The smallest absolute Gasteiger partial charge is 0.274 e. The number of nitrogens with zero attached hydrogens (tertiary/aromatic N) is 3. The zero-order valence-electron chi connectivity index (χ0n) is 14.3. The van der Waals surface area contributed by atoms with E-state index in [1.165, 1.54) is 0 Å². The highest BCUT2D eigenvalue weighted by molar-refractivity contribution is 6.05. The molecule has 6 nitrogen and oxygen atoms in total. The van der Waals surface area contributed by atoms with Crippen LogP contribution in [0.1, 0.15) is 28.8 Å². The fourth-order valence-corrected chi connectivity index (χ4v) is 2.73. The van der Waals surface area contributed by atoms with Gasteiger partial charge in [0.15, 0.2) is 0 Å². The van der Waals surface area contributed by atoms with Gasteiger partial charge in [0.25, 0.3) is 5.91 Å². The molecule has 0 spiro atoms. The van der Waals surface area contributed by atoms with E-state index >= 15 is 0 Å². The third-order valence-electron chi connectivity index (χ3n) is 4.08. The number of aryl methyl sites for hydroxylation is 2. The first-order chi connectivity index (χ1) is 11.5. The molecule has 0 saturated heterocycles. The average Bonchev–Trinajstić information content (AvgIpc) is 2.88. The summed E-state index contributed by atoms with van der Waals surface area (Å²) >= 11 is 0. The first-order valence-electron chi connectivity index (χ1n) is 7.82. The quantitative estimate of drug-likeness (QED) is 0.799. The van der Waals surface area contributed by atoms with Crippen LogP contribution in [-0.4, -0.2) is 27.8 Å². The Labute approximate surface area is 140 Å². The molecule has 3 aromatic rings. The van der Waals surface area contributed by atoms with Gasteiger partial charge in [-0.2, -0.15) is 5.10 Å². The molecule has 6 heteroatoms. The van der Waals surface area contributed by atoms with Crippen LogP contribution >= 0.6 is 0 Å². The van der Waals surface area contributed by atoms with Crippen molar-refractivity contribution < 1.29 is 9.53 Å². The standard InChI is InChI=1S/C18H20N4O2/c1-5-22-12(3)17(11(2)21-22)20-18(23)16-9-13-6-7-15(24-4)8-14(13)10-19-16/h6-10H,5H2,1-4H3,(H,20,23). The number of amides is 1. The van der Waals surface area contributed by atoms with Gasteiger partial charge in [-0.05, 0) is 44.4 Å². The summed E-state index contributed by atoms with van der Waals surface area (Å²) in [4.78, 5) is 16.8. The number of fused-ring (bicyclic) bond motifs is 1. The van der Waals surface area contributed by atoms with Gasteiger partial charge in [0, 0.05) is 18.1 Å². The van der Waals surface area contributed by atoms with Crippen molar-refractivity contribution in [3.63, 3.8) is 0 Å². The Balaban J connectivity index is 1.90. The number of carbonyl (C=O) groups excluding carboxylic acids is 1. The predicted octanol–water partition coefficient (Wildman–Crippen LogP) is 3.33. The van der Waals surface area contributed by atoms with Crippen LogP contribution in [0.25, 0.3) is 10.8 Å². The molecular weight excluding hydrogens is 304 g/mol. The number of methoxy groups -OCH3 is 1. The number of carbonyl (C=O) groups is 1. The minimum Gasteiger partial charge on any atom is -0.497 e. The topological polar surface area (TPSA) is 69.0 Å². The van der Waals surface area contributed by atoms with E-state index in [1.54, 1.807) is 19.4 Å². The molecule has 1 aromatic carbocycles. The van der Waals surface area contributed by atoms with Crippen LogP contribution in [0.5, 0.6) is 5.75 Å². The minimum absolute atomic E-state index is 0.241. The molecule has 0 aliphatic heterocycles. The molecular formula is C18H20N4O2. The van der Waals surface area contributed by atoms with Gasteiger partial charge in [0.2, 0.25) is 0 Å². The zero-order valence-corrected chi connectivity index (χ0v) is 14.3. The van der Waals surface area contributed by atoms with Crippen LogP contribution in [0.3, 0.4) is 0 Å². The van der Waals surface area contributed by atoms with E-state index in [1.807, 2.05) is 43.7 Å². The summed E-state index contributed by atoms with van der Waals surface area (Å²) in [6.07, 6.45) is 1.68. The summed E-state index contributed by atoms with van der Waals surface area (Å²) in [6.45, 7) is 6.61. The average molecular weight is 324 g/mol. The van der Waals surface area contributed by atoms with Gasteiger partial charge in [0.1, 0.15) is 11.4 Å².